The zero-order valence-corrected chi connectivity index (χ0v) is 12.3. The molecule has 2 aromatic rings. The van der Waals surface area contributed by atoms with Crippen LogP contribution in [0.25, 0.3) is 0 Å². The molecule has 0 saturated carbocycles. The second-order valence-electron chi connectivity index (χ2n) is 4.53. The predicted octanol–water partition coefficient (Wildman–Crippen LogP) is 1.70. The first-order valence-electron chi connectivity index (χ1n) is 6.56. The minimum absolute atomic E-state index is 0.0232. The number of rotatable bonds is 7. The number of amides is 1. The van der Waals surface area contributed by atoms with Crippen molar-refractivity contribution < 1.29 is 14.7 Å². The van der Waals surface area contributed by atoms with Crippen molar-refractivity contribution in [3.05, 3.63) is 34.3 Å². The van der Waals surface area contributed by atoms with Crippen molar-refractivity contribution in [1.82, 2.24) is 20.3 Å². The van der Waals surface area contributed by atoms with Crippen molar-refractivity contribution in [3.8, 4) is 0 Å². The molecule has 112 valence electrons. The van der Waals surface area contributed by atoms with Crippen LogP contribution >= 0.6 is 11.3 Å². The molecule has 0 bridgehead atoms. The molecule has 0 aliphatic heterocycles. The highest BCUT2D eigenvalue weighted by Gasteiger charge is 2.16. The van der Waals surface area contributed by atoms with Gasteiger partial charge in [-0.05, 0) is 17.9 Å². The van der Waals surface area contributed by atoms with Crippen LogP contribution < -0.4 is 5.32 Å². The van der Waals surface area contributed by atoms with Crippen molar-refractivity contribution in [1.29, 1.82) is 0 Å². The Labute approximate surface area is 125 Å². The molecule has 1 unspecified atom stereocenters. The Kier molecular flexibility index (Phi) is 5.04. The Morgan fingerprint density at radius 3 is 2.90 bits per heavy atom. The second-order valence-corrected chi connectivity index (χ2v) is 5.51. The molecule has 8 heteroatoms. The summed E-state index contributed by atoms with van der Waals surface area (Å²) in [5, 5.41) is 20.8. The first kappa shape index (κ1) is 15.2. The Morgan fingerprint density at radius 2 is 2.33 bits per heavy atom. The van der Waals surface area contributed by atoms with E-state index < -0.39 is 5.97 Å². The quantitative estimate of drug-likeness (QED) is 0.811. The number of carboxylic acids is 1. The highest BCUT2D eigenvalue weighted by atomic mass is 32.1. The predicted molar refractivity (Wildman–Crippen MR) is 77.1 cm³/mol. The summed E-state index contributed by atoms with van der Waals surface area (Å²) in [6, 6.07) is 3.92. The van der Waals surface area contributed by atoms with Crippen molar-refractivity contribution >= 4 is 23.2 Å². The SMILES string of the molecule is CCCC(NC(=O)Cn1cc(C(=O)O)nn1)c1cccs1. The average Bonchev–Trinajstić information content (AvgIpc) is 3.09. The number of nitrogens with zero attached hydrogens (tertiary/aromatic N) is 3. The average molecular weight is 308 g/mol. The van der Waals surface area contributed by atoms with E-state index in [1.807, 2.05) is 17.5 Å². The summed E-state index contributed by atoms with van der Waals surface area (Å²) in [6.45, 7) is 2.01. The van der Waals surface area contributed by atoms with E-state index in [1.54, 1.807) is 11.3 Å². The third-order valence-corrected chi connectivity index (χ3v) is 3.85. The fourth-order valence-electron chi connectivity index (χ4n) is 1.92. The van der Waals surface area contributed by atoms with Gasteiger partial charge >= 0.3 is 5.97 Å². The van der Waals surface area contributed by atoms with Crippen molar-refractivity contribution in [2.45, 2.75) is 32.4 Å². The number of aromatic nitrogens is 3. The van der Waals surface area contributed by atoms with E-state index in [0.29, 0.717) is 0 Å². The van der Waals surface area contributed by atoms with Gasteiger partial charge in [0.15, 0.2) is 5.69 Å². The molecular formula is C13H16N4O3S. The molecule has 0 saturated heterocycles. The van der Waals surface area contributed by atoms with Crippen molar-refractivity contribution in [3.63, 3.8) is 0 Å². The molecule has 0 aliphatic carbocycles. The number of hydrogen-bond acceptors (Lipinski definition) is 5. The number of nitrogens with one attached hydrogen (secondary N) is 1. The van der Waals surface area contributed by atoms with Crippen LogP contribution in [0.15, 0.2) is 23.7 Å². The van der Waals surface area contributed by atoms with Gasteiger partial charge in [-0.2, -0.15) is 0 Å². The van der Waals surface area contributed by atoms with Crippen LogP contribution in [0.2, 0.25) is 0 Å². The van der Waals surface area contributed by atoms with Crippen LogP contribution in [0.3, 0.4) is 0 Å². The van der Waals surface area contributed by atoms with Gasteiger partial charge in [0, 0.05) is 4.88 Å². The Balaban J connectivity index is 1.97. The summed E-state index contributed by atoms with van der Waals surface area (Å²) in [5.74, 6) is -1.38. The van der Waals surface area contributed by atoms with Crippen LogP contribution in [0.1, 0.15) is 41.2 Å². The van der Waals surface area contributed by atoms with Gasteiger partial charge in [0.2, 0.25) is 5.91 Å². The molecule has 0 aromatic carbocycles. The molecule has 2 heterocycles. The number of carbonyl (C=O) groups excluding carboxylic acids is 1. The molecule has 1 atom stereocenters. The summed E-state index contributed by atoms with van der Waals surface area (Å²) < 4.78 is 1.22. The standard InChI is InChI=1S/C13H16N4O3S/c1-2-4-9(11-5-3-6-21-11)14-12(18)8-17-7-10(13(19)20)15-16-17/h3,5-7,9H,2,4,8H2,1H3,(H,14,18)(H,19,20). The van der Waals surface area contributed by atoms with E-state index in [1.165, 1.54) is 10.9 Å². The Hall–Kier alpha value is -2.22. The van der Waals surface area contributed by atoms with E-state index in [4.69, 9.17) is 5.11 Å². The lowest BCUT2D eigenvalue weighted by atomic mass is 10.1. The second kappa shape index (κ2) is 6.98. The molecular weight excluding hydrogens is 292 g/mol. The summed E-state index contributed by atoms with van der Waals surface area (Å²) in [4.78, 5) is 23.8. The third-order valence-electron chi connectivity index (χ3n) is 2.86. The fraction of sp³-hybridized carbons (Fsp3) is 0.385. The molecule has 7 nitrogen and oxygen atoms in total. The maximum absolute atomic E-state index is 12.0. The monoisotopic (exact) mass is 308 g/mol. The first-order valence-corrected chi connectivity index (χ1v) is 7.44. The highest BCUT2D eigenvalue weighted by molar-refractivity contribution is 7.10. The van der Waals surface area contributed by atoms with Crippen LogP contribution in [-0.2, 0) is 11.3 Å². The van der Waals surface area contributed by atoms with Crippen LogP contribution in [-0.4, -0.2) is 32.0 Å². The van der Waals surface area contributed by atoms with Gasteiger partial charge in [-0.3, -0.25) is 4.79 Å². The number of carbonyl (C=O) groups is 2. The molecule has 0 spiro atoms. The van der Waals surface area contributed by atoms with Crippen LogP contribution in [0, 0.1) is 0 Å². The molecule has 0 aliphatic rings. The number of hydrogen-bond donors (Lipinski definition) is 2. The molecule has 2 aromatic heterocycles. The lowest BCUT2D eigenvalue weighted by Gasteiger charge is -2.16. The maximum Gasteiger partial charge on any atom is 0.358 e. The molecule has 2 N–H and O–H groups in total. The molecule has 0 radical (unpaired) electrons. The van der Waals surface area contributed by atoms with Crippen molar-refractivity contribution in [2.24, 2.45) is 0 Å². The Morgan fingerprint density at radius 1 is 1.52 bits per heavy atom. The van der Waals surface area contributed by atoms with Crippen LogP contribution in [0.4, 0.5) is 0 Å². The summed E-state index contributed by atoms with van der Waals surface area (Å²) in [7, 11) is 0. The summed E-state index contributed by atoms with van der Waals surface area (Å²) >= 11 is 1.60. The zero-order chi connectivity index (χ0) is 15.2. The lowest BCUT2D eigenvalue weighted by Crippen LogP contribution is -2.31. The van der Waals surface area contributed by atoms with E-state index >= 15 is 0 Å². The fourth-order valence-corrected chi connectivity index (χ4v) is 2.74. The lowest BCUT2D eigenvalue weighted by molar-refractivity contribution is -0.122. The first-order chi connectivity index (χ1) is 10.1. The van der Waals surface area contributed by atoms with Gasteiger partial charge in [-0.1, -0.05) is 24.6 Å². The van der Waals surface area contributed by atoms with Crippen molar-refractivity contribution in [2.75, 3.05) is 0 Å². The molecule has 21 heavy (non-hydrogen) atoms. The number of carboxylic acid groups (broad SMARTS) is 1. The van der Waals surface area contributed by atoms with Gasteiger partial charge < -0.3 is 10.4 Å². The Bertz CT molecular complexity index is 609. The number of aromatic carboxylic acids is 1. The van der Waals surface area contributed by atoms with Gasteiger partial charge in [0.1, 0.15) is 6.54 Å². The number of thiophene rings is 1. The largest absolute Gasteiger partial charge is 0.476 e. The zero-order valence-electron chi connectivity index (χ0n) is 11.5. The molecule has 0 fully saturated rings. The topological polar surface area (TPSA) is 97.1 Å². The normalized spacial score (nSPS) is 12.0. The molecule has 2 rings (SSSR count). The maximum atomic E-state index is 12.0. The van der Waals surface area contributed by atoms with E-state index in [-0.39, 0.29) is 24.2 Å². The van der Waals surface area contributed by atoms with Gasteiger partial charge in [0.05, 0.1) is 12.2 Å². The van der Waals surface area contributed by atoms with E-state index in [2.05, 4.69) is 22.6 Å². The van der Waals surface area contributed by atoms with Crippen LogP contribution in [0.5, 0.6) is 0 Å². The third kappa shape index (κ3) is 4.12. The minimum Gasteiger partial charge on any atom is -0.476 e. The minimum atomic E-state index is -1.16. The van der Waals surface area contributed by atoms with Gasteiger partial charge in [-0.15, -0.1) is 16.4 Å². The van der Waals surface area contributed by atoms with E-state index in [0.717, 1.165) is 17.7 Å². The smallest absolute Gasteiger partial charge is 0.358 e. The van der Waals surface area contributed by atoms with E-state index in [9.17, 15) is 9.59 Å². The highest BCUT2D eigenvalue weighted by Crippen LogP contribution is 2.23. The summed E-state index contributed by atoms with van der Waals surface area (Å²) in [5.41, 5.74) is -0.175. The molecule has 1 amide bonds. The van der Waals surface area contributed by atoms with Gasteiger partial charge in [0.25, 0.3) is 0 Å². The van der Waals surface area contributed by atoms with Gasteiger partial charge in [-0.25, -0.2) is 9.48 Å². The summed E-state index contributed by atoms with van der Waals surface area (Å²) in [6.07, 6.45) is 3.04.